The highest BCUT2D eigenvalue weighted by Crippen LogP contribution is 2.37. The van der Waals surface area contributed by atoms with Crippen molar-refractivity contribution in [3.05, 3.63) is 72.6 Å². The van der Waals surface area contributed by atoms with Gasteiger partial charge in [0.1, 0.15) is 17.7 Å². The van der Waals surface area contributed by atoms with Crippen LogP contribution in [0.15, 0.2) is 60.9 Å². The molecule has 2 aromatic carbocycles. The summed E-state index contributed by atoms with van der Waals surface area (Å²) in [6.45, 7) is 9.61. The number of likely N-dealkylation sites (N-methyl/N-ethyl adjacent to an activating group) is 1. The van der Waals surface area contributed by atoms with Crippen LogP contribution in [0.1, 0.15) is 95.9 Å². The quantitative estimate of drug-likeness (QED) is 0.146. The van der Waals surface area contributed by atoms with Crippen LogP contribution in [-0.4, -0.2) is 108 Å². The van der Waals surface area contributed by atoms with E-state index in [1.165, 1.54) is 7.05 Å². The van der Waals surface area contributed by atoms with E-state index in [1.807, 2.05) is 6.20 Å². The third kappa shape index (κ3) is 7.53. The number of nitrogens with one attached hydrogen (secondary N) is 2. The van der Waals surface area contributed by atoms with Crippen molar-refractivity contribution in [3.63, 3.8) is 0 Å². The molecule has 2 saturated heterocycles. The minimum atomic E-state index is -1.13. The Morgan fingerprint density at radius 2 is 1.20 bits per heavy atom. The molecule has 12 heteroatoms. The summed E-state index contributed by atoms with van der Waals surface area (Å²) in [5.74, 6) is 1.80. The van der Waals surface area contributed by atoms with Crippen LogP contribution < -0.4 is 0 Å². The van der Waals surface area contributed by atoms with Gasteiger partial charge in [-0.25, -0.2) is 14.8 Å². The molecule has 1 aliphatic carbocycles. The van der Waals surface area contributed by atoms with Crippen LogP contribution in [0.25, 0.3) is 33.6 Å². The number of aromatic amines is 2. The zero-order valence-corrected chi connectivity index (χ0v) is 32.0. The van der Waals surface area contributed by atoms with E-state index in [0.717, 1.165) is 115 Å². The van der Waals surface area contributed by atoms with Crippen LogP contribution in [0.4, 0.5) is 4.79 Å². The average Bonchev–Trinajstić information content (AvgIpc) is 4.04. The number of H-pyrrole nitrogens is 2. The second-order valence-electron chi connectivity index (χ2n) is 15.2. The number of benzene rings is 2. The van der Waals surface area contributed by atoms with Crippen LogP contribution in [0.5, 0.6) is 0 Å². The fourth-order valence-corrected chi connectivity index (χ4v) is 8.85. The maximum absolute atomic E-state index is 13.7. The van der Waals surface area contributed by atoms with Crippen LogP contribution in [-0.2, 0) is 9.59 Å². The molecule has 3 fully saturated rings. The maximum Gasteiger partial charge on any atom is 0.407 e. The second-order valence-corrected chi connectivity index (χ2v) is 15.2. The van der Waals surface area contributed by atoms with Gasteiger partial charge in [0.05, 0.1) is 35.9 Å². The second kappa shape index (κ2) is 16.2. The van der Waals surface area contributed by atoms with Crippen molar-refractivity contribution in [3.8, 4) is 33.6 Å². The lowest BCUT2D eigenvalue weighted by molar-refractivity contribution is -0.138. The summed E-state index contributed by atoms with van der Waals surface area (Å²) >= 11 is 0. The third-order valence-electron chi connectivity index (χ3n) is 12.2. The van der Waals surface area contributed by atoms with Crippen LogP contribution in [0.3, 0.4) is 0 Å². The summed E-state index contributed by atoms with van der Waals surface area (Å²) in [5, 5.41) is 9.34. The van der Waals surface area contributed by atoms with Crippen LogP contribution >= 0.6 is 0 Å². The number of imidazole rings is 2. The highest BCUT2D eigenvalue weighted by molar-refractivity contribution is 5.85. The number of hydrogen-bond donors (Lipinski definition) is 3. The zero-order valence-electron chi connectivity index (χ0n) is 32.0. The van der Waals surface area contributed by atoms with Crippen molar-refractivity contribution in [2.24, 2.45) is 5.92 Å². The van der Waals surface area contributed by atoms with E-state index in [9.17, 15) is 19.5 Å². The molecule has 0 radical (unpaired) electrons. The molecule has 7 rings (SSSR count). The third-order valence-corrected chi connectivity index (χ3v) is 12.2. The molecule has 0 bridgehead atoms. The molecule has 2 aliphatic heterocycles. The first kappa shape index (κ1) is 37.3. The Morgan fingerprint density at radius 3 is 1.69 bits per heavy atom. The van der Waals surface area contributed by atoms with Gasteiger partial charge in [-0.15, -0.1) is 0 Å². The molecule has 54 heavy (non-hydrogen) atoms. The Bertz CT molecular complexity index is 1910. The van der Waals surface area contributed by atoms with E-state index in [0.29, 0.717) is 24.3 Å². The van der Waals surface area contributed by atoms with Crippen molar-refractivity contribution in [1.29, 1.82) is 0 Å². The van der Waals surface area contributed by atoms with Gasteiger partial charge in [-0.3, -0.25) is 14.5 Å². The molecular formula is C42H54N8O4. The molecular weight excluding hydrogens is 681 g/mol. The predicted octanol–water partition coefficient (Wildman–Crippen LogP) is 7.36. The highest BCUT2D eigenvalue weighted by Gasteiger charge is 2.38. The van der Waals surface area contributed by atoms with Gasteiger partial charge in [-0.2, -0.15) is 0 Å². The number of hydrogen-bond acceptors (Lipinski definition) is 6. The van der Waals surface area contributed by atoms with Crippen LogP contribution in [0.2, 0.25) is 0 Å². The molecule has 0 spiro atoms. The number of carbonyl (C=O) groups is 3. The molecule has 12 nitrogen and oxygen atoms in total. The summed E-state index contributed by atoms with van der Waals surface area (Å²) in [6.07, 6.45) is 10.3. The predicted molar refractivity (Wildman–Crippen MR) is 208 cm³/mol. The number of amides is 3. The Hall–Kier alpha value is -4.97. The molecule has 4 heterocycles. The first-order valence-electron chi connectivity index (χ1n) is 19.8. The molecule has 2 aromatic heterocycles. The first-order chi connectivity index (χ1) is 26.2. The highest BCUT2D eigenvalue weighted by atomic mass is 16.4. The van der Waals surface area contributed by atoms with Gasteiger partial charge in [-0.1, -0.05) is 62.4 Å². The number of nitrogens with zero attached hydrogens (tertiary/aromatic N) is 6. The van der Waals surface area contributed by atoms with E-state index in [1.54, 1.807) is 18.0 Å². The minimum Gasteiger partial charge on any atom is -0.465 e. The Kier molecular flexibility index (Phi) is 11.2. The van der Waals surface area contributed by atoms with Crippen molar-refractivity contribution in [1.82, 2.24) is 39.5 Å². The number of carboxylic acid groups (broad SMARTS) is 1. The Balaban J connectivity index is 0.970. The lowest BCUT2D eigenvalue weighted by atomic mass is 9.84. The van der Waals surface area contributed by atoms with E-state index in [2.05, 4.69) is 87.1 Å². The smallest absolute Gasteiger partial charge is 0.407 e. The normalized spacial score (nSPS) is 22.2. The lowest BCUT2D eigenvalue weighted by Crippen LogP contribution is -2.47. The number of aromatic nitrogens is 4. The van der Waals surface area contributed by atoms with Crippen LogP contribution in [0, 0.1) is 5.92 Å². The van der Waals surface area contributed by atoms with Crippen molar-refractivity contribution < 1.29 is 19.5 Å². The van der Waals surface area contributed by atoms with Crippen molar-refractivity contribution in [2.45, 2.75) is 96.3 Å². The van der Waals surface area contributed by atoms with Crippen molar-refractivity contribution >= 4 is 17.9 Å². The first-order valence-corrected chi connectivity index (χ1v) is 19.8. The summed E-state index contributed by atoms with van der Waals surface area (Å²) < 4.78 is 0. The molecule has 3 N–H and O–H groups in total. The van der Waals surface area contributed by atoms with E-state index in [-0.39, 0.29) is 23.9 Å². The lowest BCUT2D eigenvalue weighted by Gasteiger charge is -2.37. The van der Waals surface area contributed by atoms with Gasteiger partial charge in [0.25, 0.3) is 0 Å². The largest absolute Gasteiger partial charge is 0.465 e. The van der Waals surface area contributed by atoms with Crippen molar-refractivity contribution in [2.75, 3.05) is 33.2 Å². The summed E-state index contributed by atoms with van der Waals surface area (Å²) in [4.78, 5) is 62.1. The Morgan fingerprint density at radius 1 is 0.741 bits per heavy atom. The van der Waals surface area contributed by atoms with E-state index >= 15 is 0 Å². The van der Waals surface area contributed by atoms with E-state index in [4.69, 9.17) is 4.98 Å². The van der Waals surface area contributed by atoms with Gasteiger partial charge in [-0.05, 0) is 93.6 Å². The van der Waals surface area contributed by atoms with E-state index < -0.39 is 12.1 Å². The SMILES string of the molecule is CCN(CC)[C@H]1CC[C@@H](C(=O)N2CCC[C@H]2c2ncc(-c3ccc(-c4ccc(-c5cnc([C@@H]6CCCN6C(=O)[C@H](C)N(C)C(=O)O)[nH]5)cc4)cc3)[nH]2)CC1. The standard InChI is InChI=1S/C42H54N8O4/c1-5-48(6-2)33-21-19-32(20-22-33)41(52)50-24-8-10-37(50)39-44-26-35(46-39)31-17-13-29(14-18-31)28-11-15-30(16-12-28)34-25-43-38(45-34)36-9-7-23-49(36)40(51)27(3)47(4)42(53)54/h11-18,25-27,32-33,36-37H,5-10,19-24H2,1-4H3,(H,43,45)(H,44,46)(H,53,54)/t27-,32-,33+,36-,37-/m0/s1. The molecule has 286 valence electrons. The summed E-state index contributed by atoms with van der Waals surface area (Å²) in [6, 6.07) is 16.4. The van der Waals surface area contributed by atoms with Gasteiger partial charge >= 0.3 is 6.09 Å². The molecule has 3 aliphatic rings. The minimum absolute atomic E-state index is 0.00428. The molecule has 3 atom stereocenters. The number of likely N-dealkylation sites (tertiary alicyclic amines) is 2. The topological polar surface area (TPSA) is 142 Å². The van der Waals surface area contributed by atoms with Gasteiger partial charge in [0.2, 0.25) is 11.8 Å². The molecule has 0 unspecified atom stereocenters. The summed E-state index contributed by atoms with van der Waals surface area (Å²) in [7, 11) is 1.42. The fraction of sp³-hybridized carbons (Fsp3) is 0.500. The molecule has 1 saturated carbocycles. The fourth-order valence-electron chi connectivity index (χ4n) is 8.85. The molecule has 4 aromatic rings. The Labute approximate surface area is 318 Å². The maximum atomic E-state index is 13.7. The monoisotopic (exact) mass is 734 g/mol. The van der Waals surface area contributed by atoms with Gasteiger partial charge in [0, 0.05) is 32.1 Å². The molecule has 3 amide bonds. The zero-order chi connectivity index (χ0) is 37.9. The number of rotatable bonds is 11. The van der Waals surface area contributed by atoms with Gasteiger partial charge in [0.15, 0.2) is 0 Å². The van der Waals surface area contributed by atoms with Gasteiger partial charge < -0.3 is 29.8 Å². The summed E-state index contributed by atoms with van der Waals surface area (Å²) in [5.41, 5.74) is 6.03. The average molecular weight is 735 g/mol. The number of carbonyl (C=O) groups excluding carboxylic acids is 2.